The molecule has 3 aromatic carbocycles. The van der Waals surface area contributed by atoms with E-state index in [0.717, 1.165) is 28.0 Å². The number of hydrogen-bond acceptors (Lipinski definition) is 6. The molecule has 2 heterocycles. The molecule has 2 aliphatic heterocycles. The quantitative estimate of drug-likeness (QED) is 0.329. The van der Waals surface area contributed by atoms with E-state index in [1.165, 1.54) is 0 Å². The van der Waals surface area contributed by atoms with E-state index in [2.05, 4.69) is 27.4 Å². The molecular weight excluding hydrogens is 580 g/mol. The molecule has 242 valence electrons. The highest BCUT2D eigenvalue weighted by molar-refractivity contribution is 5.92. The number of methoxy groups -OCH3 is 1. The van der Waals surface area contributed by atoms with Crippen molar-refractivity contribution in [1.29, 1.82) is 0 Å². The zero-order chi connectivity index (χ0) is 33.0. The molecule has 0 spiro atoms. The zero-order valence-electron chi connectivity index (χ0n) is 27.2. The van der Waals surface area contributed by atoms with Crippen molar-refractivity contribution in [3.63, 3.8) is 0 Å². The molecule has 2 fully saturated rings. The summed E-state index contributed by atoms with van der Waals surface area (Å²) >= 11 is 0. The minimum Gasteiger partial charge on any atom is -0.508 e. The van der Waals surface area contributed by atoms with Crippen molar-refractivity contribution < 1.29 is 24.2 Å². The molecule has 0 aromatic heterocycles. The highest BCUT2D eigenvalue weighted by Crippen LogP contribution is 2.36. The van der Waals surface area contributed by atoms with Crippen molar-refractivity contribution in [1.82, 2.24) is 19.8 Å². The number of amides is 3. The second-order valence-electron chi connectivity index (χ2n) is 13.0. The van der Waals surface area contributed by atoms with Gasteiger partial charge in [0.05, 0.1) is 20.2 Å². The van der Waals surface area contributed by atoms with Crippen LogP contribution in [-0.2, 0) is 39.2 Å². The number of carbonyl (C=O) groups excluding carboxylic acids is 3. The van der Waals surface area contributed by atoms with Gasteiger partial charge in [0.15, 0.2) is 0 Å². The minimum atomic E-state index is -0.845. The topological polar surface area (TPSA) is 93.6 Å². The molecular formula is C37H44N4O5. The Morgan fingerprint density at radius 3 is 2.37 bits per heavy atom. The molecule has 9 nitrogen and oxygen atoms in total. The normalized spacial score (nSPS) is 18.8. The summed E-state index contributed by atoms with van der Waals surface area (Å²) in [5.74, 6) is 0.299. The Kier molecular flexibility index (Phi) is 9.82. The molecule has 2 saturated heterocycles. The number of nitrogens with zero attached hydrogens (tertiary/aromatic N) is 4. The molecule has 5 rings (SSSR count). The van der Waals surface area contributed by atoms with Crippen LogP contribution in [-0.4, -0.2) is 81.6 Å². The smallest absolute Gasteiger partial charge is 0.246 e. The second-order valence-corrected chi connectivity index (χ2v) is 13.0. The predicted octanol–water partition coefficient (Wildman–Crippen LogP) is 4.68. The number of hydrazine groups is 1. The average Bonchev–Trinajstić information content (AvgIpc) is 3.03. The molecule has 9 heteroatoms. The lowest BCUT2D eigenvalue weighted by Gasteiger charge is -2.55. The molecule has 0 unspecified atom stereocenters. The average molecular weight is 625 g/mol. The SMILES string of the molecule is C=CCN1CC(=O)N2[C@@H](Cc3ccc(O)cc3)C(=O)N(Cc3cccc(C(C)(C)C)c3OC)C[C@@H]2N1C(=O)CCc1ccccc1. The largest absolute Gasteiger partial charge is 0.508 e. The number of phenolic OH excluding ortho intramolecular Hbond substituents is 1. The van der Waals surface area contributed by atoms with Gasteiger partial charge in [-0.2, -0.15) is 0 Å². The summed E-state index contributed by atoms with van der Waals surface area (Å²) in [6.07, 6.45) is 2.01. The monoisotopic (exact) mass is 624 g/mol. The molecule has 0 radical (unpaired) electrons. The standard InChI is InChI=1S/C37H44N4O5/c1-6-21-39-25-34(44)40-31(22-27-15-18-29(42)19-16-27)36(45)38(23-28-13-10-14-30(35(28)46-5)37(2,3)4)24-32(40)41(39)33(43)20-17-26-11-8-7-9-12-26/h6-16,18-19,31-32,42H,1,17,20-25H2,2-5H3/t31-,32-/m0/s1. The number of phenols is 1. The summed E-state index contributed by atoms with van der Waals surface area (Å²) in [7, 11) is 1.64. The number of fused-ring (bicyclic) bond motifs is 1. The molecule has 0 bridgehead atoms. The Labute approximate surface area is 271 Å². The first kappa shape index (κ1) is 32.8. The van der Waals surface area contributed by atoms with Gasteiger partial charge in [-0.3, -0.25) is 14.4 Å². The maximum atomic E-state index is 14.4. The highest BCUT2D eigenvalue weighted by Gasteiger charge is 2.51. The summed E-state index contributed by atoms with van der Waals surface area (Å²) in [5.41, 5.74) is 3.54. The van der Waals surface area contributed by atoms with Crippen LogP contribution in [0.3, 0.4) is 0 Å². The number of aryl methyl sites for hydroxylation is 1. The van der Waals surface area contributed by atoms with Crippen LogP contribution in [0.4, 0.5) is 0 Å². The van der Waals surface area contributed by atoms with Crippen molar-refractivity contribution in [2.45, 2.75) is 64.2 Å². The number of ether oxygens (including phenoxy) is 1. The number of benzene rings is 3. The number of para-hydroxylation sites is 1. The van der Waals surface area contributed by atoms with Crippen LogP contribution in [0.1, 0.15) is 49.4 Å². The van der Waals surface area contributed by atoms with Gasteiger partial charge in [0.2, 0.25) is 17.7 Å². The number of rotatable bonds is 10. The molecule has 46 heavy (non-hydrogen) atoms. The van der Waals surface area contributed by atoms with Crippen LogP contribution in [0.5, 0.6) is 11.5 Å². The van der Waals surface area contributed by atoms with Crippen LogP contribution >= 0.6 is 0 Å². The number of aromatic hydroxyl groups is 1. The van der Waals surface area contributed by atoms with E-state index in [4.69, 9.17) is 4.74 Å². The van der Waals surface area contributed by atoms with Gasteiger partial charge in [0.25, 0.3) is 0 Å². The summed E-state index contributed by atoms with van der Waals surface area (Å²) < 4.78 is 5.91. The first-order valence-electron chi connectivity index (χ1n) is 15.8. The van der Waals surface area contributed by atoms with Crippen LogP contribution in [0.15, 0.2) is 85.5 Å². The van der Waals surface area contributed by atoms with Crippen molar-refractivity contribution in [2.24, 2.45) is 0 Å². The summed E-state index contributed by atoms with van der Waals surface area (Å²) in [6.45, 7) is 10.9. The van der Waals surface area contributed by atoms with Gasteiger partial charge in [0.1, 0.15) is 23.7 Å². The molecule has 3 aromatic rings. The fourth-order valence-corrected chi connectivity index (χ4v) is 6.52. The van der Waals surface area contributed by atoms with E-state index >= 15 is 0 Å². The Balaban J connectivity index is 1.54. The third-order valence-electron chi connectivity index (χ3n) is 8.73. The summed E-state index contributed by atoms with van der Waals surface area (Å²) in [6, 6.07) is 21.6. The lowest BCUT2D eigenvalue weighted by Crippen LogP contribution is -2.75. The second kappa shape index (κ2) is 13.8. The third kappa shape index (κ3) is 6.94. The van der Waals surface area contributed by atoms with E-state index in [1.54, 1.807) is 57.3 Å². The van der Waals surface area contributed by atoms with Crippen molar-refractivity contribution >= 4 is 17.7 Å². The molecule has 1 N–H and O–H groups in total. The van der Waals surface area contributed by atoms with E-state index in [9.17, 15) is 19.5 Å². The Hall–Kier alpha value is -4.63. The van der Waals surface area contributed by atoms with Gasteiger partial charge >= 0.3 is 0 Å². The maximum absolute atomic E-state index is 14.4. The van der Waals surface area contributed by atoms with E-state index in [-0.39, 0.29) is 61.4 Å². The van der Waals surface area contributed by atoms with Crippen LogP contribution in [0.25, 0.3) is 0 Å². The summed E-state index contributed by atoms with van der Waals surface area (Å²) in [4.78, 5) is 45.7. The van der Waals surface area contributed by atoms with Crippen LogP contribution in [0.2, 0.25) is 0 Å². The third-order valence-corrected chi connectivity index (χ3v) is 8.73. The number of piperazine rings is 1. The first-order chi connectivity index (χ1) is 22.0. The Morgan fingerprint density at radius 2 is 1.72 bits per heavy atom. The lowest BCUT2D eigenvalue weighted by molar-refractivity contribution is -0.205. The van der Waals surface area contributed by atoms with E-state index < -0.39 is 12.2 Å². The fraction of sp³-hybridized carbons (Fsp3) is 0.378. The first-order valence-corrected chi connectivity index (χ1v) is 15.8. The van der Waals surface area contributed by atoms with Gasteiger partial charge < -0.3 is 19.6 Å². The lowest BCUT2D eigenvalue weighted by atomic mass is 9.85. The van der Waals surface area contributed by atoms with Crippen molar-refractivity contribution in [3.05, 3.63) is 108 Å². The summed E-state index contributed by atoms with van der Waals surface area (Å²) in [5, 5.41) is 13.3. The van der Waals surface area contributed by atoms with Crippen LogP contribution in [0, 0.1) is 0 Å². The van der Waals surface area contributed by atoms with Gasteiger partial charge in [-0.25, -0.2) is 10.0 Å². The Morgan fingerprint density at radius 1 is 1.00 bits per heavy atom. The molecule has 0 saturated carbocycles. The molecule has 2 atom stereocenters. The number of carbonyl (C=O) groups is 3. The predicted molar refractivity (Wildman–Crippen MR) is 177 cm³/mol. The Bertz CT molecular complexity index is 1570. The fourth-order valence-electron chi connectivity index (χ4n) is 6.52. The minimum absolute atomic E-state index is 0.0413. The van der Waals surface area contributed by atoms with Gasteiger partial charge in [0, 0.05) is 31.5 Å². The van der Waals surface area contributed by atoms with Crippen molar-refractivity contribution in [3.8, 4) is 11.5 Å². The van der Waals surface area contributed by atoms with Crippen LogP contribution < -0.4 is 4.74 Å². The van der Waals surface area contributed by atoms with Gasteiger partial charge in [-0.05, 0) is 40.7 Å². The van der Waals surface area contributed by atoms with Crippen molar-refractivity contribution in [2.75, 3.05) is 26.7 Å². The zero-order valence-corrected chi connectivity index (χ0v) is 27.2. The van der Waals surface area contributed by atoms with E-state index in [0.29, 0.717) is 13.0 Å². The highest BCUT2D eigenvalue weighted by atomic mass is 16.5. The molecule has 3 amide bonds. The molecule has 0 aliphatic carbocycles. The maximum Gasteiger partial charge on any atom is 0.246 e. The van der Waals surface area contributed by atoms with Gasteiger partial charge in [-0.1, -0.05) is 87.5 Å². The molecule has 2 aliphatic rings. The van der Waals surface area contributed by atoms with Gasteiger partial charge in [-0.15, -0.1) is 6.58 Å². The number of hydrogen-bond donors (Lipinski definition) is 1. The van der Waals surface area contributed by atoms with E-state index in [1.807, 2.05) is 48.5 Å².